The van der Waals surface area contributed by atoms with Gasteiger partial charge in [-0.1, -0.05) is 6.07 Å². The highest BCUT2D eigenvalue weighted by atomic mass is 79.9. The van der Waals surface area contributed by atoms with Gasteiger partial charge in [0.2, 0.25) is 6.79 Å². The summed E-state index contributed by atoms with van der Waals surface area (Å²) in [6.07, 6.45) is 3.44. The summed E-state index contributed by atoms with van der Waals surface area (Å²) >= 11 is 3.43. The predicted molar refractivity (Wildman–Crippen MR) is 78.0 cm³/mol. The van der Waals surface area contributed by atoms with Crippen molar-refractivity contribution in [1.29, 1.82) is 5.26 Å². The van der Waals surface area contributed by atoms with Gasteiger partial charge >= 0.3 is 0 Å². The fourth-order valence-corrected chi connectivity index (χ4v) is 2.50. The van der Waals surface area contributed by atoms with Gasteiger partial charge in [-0.25, -0.2) is 0 Å². The van der Waals surface area contributed by atoms with Gasteiger partial charge in [-0.2, -0.15) is 5.26 Å². The van der Waals surface area contributed by atoms with Crippen LogP contribution in [-0.4, -0.2) is 11.8 Å². The maximum absolute atomic E-state index is 9.28. The third kappa shape index (κ3) is 2.38. The molecule has 2 heterocycles. The largest absolute Gasteiger partial charge is 0.454 e. The third-order valence-corrected chi connectivity index (χ3v) is 3.41. The van der Waals surface area contributed by atoms with Crippen LogP contribution < -0.4 is 9.47 Å². The van der Waals surface area contributed by atoms with Gasteiger partial charge in [0, 0.05) is 6.20 Å². The molecule has 1 aliphatic heterocycles. The first-order valence-corrected chi connectivity index (χ1v) is 6.69. The van der Waals surface area contributed by atoms with E-state index in [1.165, 1.54) is 0 Å². The van der Waals surface area contributed by atoms with Crippen LogP contribution in [-0.2, 0) is 0 Å². The molecule has 0 spiro atoms. The minimum absolute atomic E-state index is 0.215. The molecule has 0 bridgehead atoms. The van der Waals surface area contributed by atoms with Gasteiger partial charge in [-0.15, -0.1) is 0 Å². The standard InChI is InChI=1S/C15H9BrN2O2/c16-12-6-10(7-14-15(12)20-9-19-14)5-11(8-17)13-3-1-2-4-18-13/h1-7H,9H2/b11-5+. The molecule has 1 aromatic carbocycles. The Morgan fingerprint density at radius 2 is 2.25 bits per heavy atom. The molecule has 4 nitrogen and oxygen atoms in total. The number of allylic oxidation sites excluding steroid dienone is 1. The molecular weight excluding hydrogens is 320 g/mol. The molecule has 0 atom stereocenters. The molecule has 0 N–H and O–H groups in total. The van der Waals surface area contributed by atoms with Crippen LogP contribution in [0, 0.1) is 11.3 Å². The zero-order chi connectivity index (χ0) is 13.9. The number of hydrogen-bond donors (Lipinski definition) is 0. The molecule has 1 aromatic heterocycles. The molecule has 0 saturated carbocycles. The zero-order valence-corrected chi connectivity index (χ0v) is 11.9. The first-order chi connectivity index (χ1) is 9.78. The Kier molecular flexibility index (Phi) is 3.40. The molecular formula is C15H9BrN2O2. The number of aromatic nitrogens is 1. The van der Waals surface area contributed by atoms with Crippen molar-refractivity contribution in [2.24, 2.45) is 0 Å². The van der Waals surface area contributed by atoms with Crippen LogP contribution in [0.15, 0.2) is 41.0 Å². The average Bonchev–Trinajstić information content (AvgIpc) is 2.94. The summed E-state index contributed by atoms with van der Waals surface area (Å²) in [5, 5.41) is 9.28. The van der Waals surface area contributed by atoms with Crippen LogP contribution in [0.1, 0.15) is 11.3 Å². The van der Waals surface area contributed by atoms with E-state index in [0.29, 0.717) is 22.8 Å². The Hall–Kier alpha value is -2.32. The van der Waals surface area contributed by atoms with Gasteiger partial charge < -0.3 is 9.47 Å². The molecule has 1 aliphatic rings. The van der Waals surface area contributed by atoms with Crippen molar-refractivity contribution >= 4 is 27.6 Å². The Morgan fingerprint density at radius 1 is 1.35 bits per heavy atom. The quantitative estimate of drug-likeness (QED) is 0.790. The minimum atomic E-state index is 0.215. The maximum Gasteiger partial charge on any atom is 0.231 e. The molecule has 2 aromatic rings. The number of hydrogen-bond acceptors (Lipinski definition) is 4. The van der Waals surface area contributed by atoms with Gasteiger partial charge in [0.15, 0.2) is 11.5 Å². The van der Waals surface area contributed by atoms with E-state index in [0.717, 1.165) is 10.0 Å². The summed E-state index contributed by atoms with van der Waals surface area (Å²) in [6.45, 7) is 0.215. The fraction of sp³-hybridized carbons (Fsp3) is 0.0667. The topological polar surface area (TPSA) is 55.1 Å². The van der Waals surface area contributed by atoms with E-state index in [-0.39, 0.29) is 6.79 Å². The van der Waals surface area contributed by atoms with Crippen molar-refractivity contribution in [1.82, 2.24) is 4.98 Å². The van der Waals surface area contributed by atoms with Crippen molar-refractivity contribution in [2.75, 3.05) is 6.79 Å². The Bertz CT molecular complexity index is 721. The van der Waals surface area contributed by atoms with Gasteiger partial charge in [0.05, 0.1) is 15.7 Å². The van der Waals surface area contributed by atoms with Crippen LogP contribution in [0.5, 0.6) is 11.5 Å². The Balaban J connectivity index is 2.03. The lowest BCUT2D eigenvalue weighted by molar-refractivity contribution is 0.173. The first kappa shape index (κ1) is 12.7. The lowest BCUT2D eigenvalue weighted by atomic mass is 10.1. The normalized spacial score (nSPS) is 13.1. The van der Waals surface area contributed by atoms with Crippen molar-refractivity contribution in [3.8, 4) is 17.6 Å². The lowest BCUT2D eigenvalue weighted by Gasteiger charge is -2.03. The smallest absolute Gasteiger partial charge is 0.231 e. The molecule has 20 heavy (non-hydrogen) atoms. The van der Waals surface area contributed by atoms with Crippen LogP contribution >= 0.6 is 15.9 Å². The number of rotatable bonds is 2. The van der Waals surface area contributed by atoms with Crippen LogP contribution in [0.25, 0.3) is 11.6 Å². The fourth-order valence-electron chi connectivity index (χ4n) is 1.92. The number of ether oxygens (including phenoxy) is 2. The number of nitriles is 1. The summed E-state index contributed by atoms with van der Waals surface area (Å²) in [5.41, 5.74) is 1.99. The monoisotopic (exact) mass is 328 g/mol. The summed E-state index contributed by atoms with van der Waals surface area (Å²) in [4.78, 5) is 4.18. The lowest BCUT2D eigenvalue weighted by Crippen LogP contribution is -1.93. The van der Waals surface area contributed by atoms with E-state index in [1.54, 1.807) is 18.3 Å². The van der Waals surface area contributed by atoms with Crippen LogP contribution in [0.2, 0.25) is 0 Å². The molecule has 0 amide bonds. The van der Waals surface area contributed by atoms with E-state index in [9.17, 15) is 5.26 Å². The molecule has 0 unspecified atom stereocenters. The zero-order valence-electron chi connectivity index (χ0n) is 10.3. The van der Waals surface area contributed by atoms with Gasteiger partial charge in [0.25, 0.3) is 0 Å². The molecule has 0 saturated heterocycles. The van der Waals surface area contributed by atoms with E-state index in [4.69, 9.17) is 9.47 Å². The molecule has 0 radical (unpaired) electrons. The van der Waals surface area contributed by atoms with Crippen molar-refractivity contribution in [3.05, 3.63) is 52.3 Å². The number of benzene rings is 1. The molecule has 98 valence electrons. The second kappa shape index (κ2) is 5.35. The summed E-state index contributed by atoms with van der Waals surface area (Å²) in [6, 6.07) is 11.4. The average molecular weight is 329 g/mol. The number of pyridine rings is 1. The highest BCUT2D eigenvalue weighted by molar-refractivity contribution is 9.10. The second-order valence-corrected chi connectivity index (χ2v) is 4.98. The van der Waals surface area contributed by atoms with Gasteiger partial charge in [-0.3, -0.25) is 4.98 Å². The summed E-state index contributed by atoms with van der Waals surface area (Å²) in [5.74, 6) is 1.36. The first-order valence-electron chi connectivity index (χ1n) is 5.90. The maximum atomic E-state index is 9.28. The number of halogens is 1. The van der Waals surface area contributed by atoms with Gasteiger partial charge in [-0.05, 0) is 51.8 Å². The summed E-state index contributed by atoms with van der Waals surface area (Å²) < 4.78 is 11.5. The van der Waals surface area contributed by atoms with Crippen molar-refractivity contribution in [2.45, 2.75) is 0 Å². The Labute approximate surface area is 124 Å². The van der Waals surface area contributed by atoms with Crippen LogP contribution in [0.4, 0.5) is 0 Å². The second-order valence-electron chi connectivity index (χ2n) is 4.12. The SMILES string of the molecule is N#C/C(=C\c1cc(Br)c2c(c1)OCO2)c1ccccn1. The van der Waals surface area contributed by atoms with E-state index >= 15 is 0 Å². The van der Waals surface area contributed by atoms with Crippen molar-refractivity contribution < 1.29 is 9.47 Å². The number of nitrogens with zero attached hydrogens (tertiary/aromatic N) is 2. The van der Waals surface area contributed by atoms with Crippen molar-refractivity contribution in [3.63, 3.8) is 0 Å². The highest BCUT2D eigenvalue weighted by Gasteiger charge is 2.17. The third-order valence-electron chi connectivity index (χ3n) is 2.82. The highest BCUT2D eigenvalue weighted by Crippen LogP contribution is 2.40. The predicted octanol–water partition coefficient (Wildman–Crippen LogP) is 3.64. The molecule has 0 aliphatic carbocycles. The van der Waals surface area contributed by atoms with Gasteiger partial charge in [0.1, 0.15) is 6.07 Å². The minimum Gasteiger partial charge on any atom is -0.454 e. The Morgan fingerprint density at radius 3 is 3.00 bits per heavy atom. The molecule has 0 fully saturated rings. The van der Waals surface area contributed by atoms with E-state index in [2.05, 4.69) is 27.0 Å². The van der Waals surface area contributed by atoms with E-state index < -0.39 is 0 Å². The van der Waals surface area contributed by atoms with Crippen LogP contribution in [0.3, 0.4) is 0 Å². The molecule has 3 rings (SSSR count). The summed E-state index contributed by atoms with van der Waals surface area (Å²) in [7, 11) is 0. The van der Waals surface area contributed by atoms with E-state index in [1.807, 2.05) is 24.3 Å². The molecule has 5 heteroatoms. The number of fused-ring (bicyclic) bond motifs is 1.